The van der Waals surface area contributed by atoms with Crippen molar-refractivity contribution in [2.45, 2.75) is 77.2 Å². The van der Waals surface area contributed by atoms with Crippen LogP contribution in [0, 0.1) is 23.7 Å². The van der Waals surface area contributed by atoms with Gasteiger partial charge >= 0.3 is 0 Å². The van der Waals surface area contributed by atoms with E-state index < -0.39 is 0 Å². The molecule has 6 aliphatic rings. The summed E-state index contributed by atoms with van der Waals surface area (Å²) in [4.78, 5) is 0. The Kier molecular flexibility index (Phi) is 3.66. The largest absolute Gasteiger partial charge is 0.374 e. The van der Waals surface area contributed by atoms with Crippen molar-refractivity contribution in [1.29, 1.82) is 0 Å². The predicted molar refractivity (Wildman–Crippen MR) is 82.6 cm³/mol. The molecule has 1 nitrogen and oxygen atoms in total. The summed E-state index contributed by atoms with van der Waals surface area (Å²) in [5.41, 5.74) is 3.59. The van der Waals surface area contributed by atoms with E-state index in [1.165, 1.54) is 64.2 Å². The van der Waals surface area contributed by atoms with Crippen LogP contribution in [0.5, 0.6) is 0 Å². The normalized spacial score (nSPS) is 38.0. The minimum absolute atomic E-state index is 0.419. The molecular formula is C19H30O. The van der Waals surface area contributed by atoms with Crippen molar-refractivity contribution >= 4 is 0 Å². The van der Waals surface area contributed by atoms with Crippen LogP contribution >= 0.6 is 0 Å². The molecule has 3 unspecified atom stereocenters. The fourth-order valence-corrected chi connectivity index (χ4v) is 5.63. The van der Waals surface area contributed by atoms with Crippen LogP contribution in [-0.2, 0) is 4.74 Å². The number of fused-ring (bicyclic) bond motifs is 1. The number of hydrogen-bond donors (Lipinski definition) is 0. The molecule has 112 valence electrons. The Morgan fingerprint density at radius 3 is 2.50 bits per heavy atom. The minimum atomic E-state index is 0.419. The molecule has 6 rings (SSSR count). The average Bonchev–Trinajstić information content (AvgIpc) is 2.47. The molecule has 3 atom stereocenters. The molecule has 0 aromatic heterocycles. The lowest BCUT2D eigenvalue weighted by Crippen LogP contribution is -2.44. The number of hydrogen-bond acceptors (Lipinski definition) is 1. The van der Waals surface area contributed by atoms with E-state index in [4.69, 9.17) is 4.74 Å². The first-order chi connectivity index (χ1) is 9.81. The van der Waals surface area contributed by atoms with Crippen LogP contribution in [0.3, 0.4) is 0 Å². The van der Waals surface area contributed by atoms with Gasteiger partial charge in [0.2, 0.25) is 0 Å². The third kappa shape index (κ3) is 2.36. The summed E-state index contributed by atoms with van der Waals surface area (Å²) in [7, 11) is 0. The van der Waals surface area contributed by atoms with Crippen LogP contribution in [0.2, 0.25) is 0 Å². The lowest BCUT2D eigenvalue weighted by molar-refractivity contribution is 0.0483. The molecular weight excluding hydrogens is 244 g/mol. The van der Waals surface area contributed by atoms with Crippen molar-refractivity contribution in [2.24, 2.45) is 23.7 Å². The summed E-state index contributed by atoms with van der Waals surface area (Å²) >= 11 is 0. The summed E-state index contributed by atoms with van der Waals surface area (Å²) < 4.78 is 6.25. The van der Waals surface area contributed by atoms with Crippen molar-refractivity contribution in [3.05, 3.63) is 11.1 Å². The number of allylic oxidation sites excluding steroid dienone is 1. The first-order valence-electron chi connectivity index (χ1n) is 9.15. The van der Waals surface area contributed by atoms with Gasteiger partial charge in [0.1, 0.15) is 0 Å². The maximum Gasteiger partial charge on any atom is 0.0759 e. The predicted octanol–water partition coefficient (Wildman–Crippen LogP) is 5.11. The summed E-state index contributed by atoms with van der Waals surface area (Å²) in [5.74, 6) is 3.93. The second-order valence-electron chi connectivity index (χ2n) is 7.96. The van der Waals surface area contributed by atoms with E-state index in [2.05, 4.69) is 6.92 Å². The monoisotopic (exact) mass is 274 g/mol. The fraction of sp³-hybridized carbons (Fsp3) is 0.895. The van der Waals surface area contributed by atoms with Gasteiger partial charge in [-0.05, 0) is 68.3 Å². The first-order valence-corrected chi connectivity index (χ1v) is 9.15. The highest BCUT2D eigenvalue weighted by atomic mass is 16.5. The second-order valence-corrected chi connectivity index (χ2v) is 7.96. The van der Waals surface area contributed by atoms with Crippen LogP contribution in [0.25, 0.3) is 0 Å². The zero-order valence-corrected chi connectivity index (χ0v) is 13.1. The van der Waals surface area contributed by atoms with E-state index in [9.17, 15) is 0 Å². The molecule has 0 spiro atoms. The van der Waals surface area contributed by atoms with Crippen LogP contribution in [0.4, 0.5) is 0 Å². The second kappa shape index (κ2) is 5.48. The van der Waals surface area contributed by atoms with Crippen LogP contribution in [0.1, 0.15) is 71.1 Å². The maximum absolute atomic E-state index is 6.25. The van der Waals surface area contributed by atoms with Gasteiger partial charge in [0.15, 0.2) is 0 Å². The topological polar surface area (TPSA) is 9.23 Å². The Hall–Kier alpha value is -0.300. The Labute approximate surface area is 124 Å². The summed E-state index contributed by atoms with van der Waals surface area (Å²) in [6, 6.07) is 0. The van der Waals surface area contributed by atoms with Crippen molar-refractivity contribution < 1.29 is 4.74 Å². The van der Waals surface area contributed by atoms with E-state index >= 15 is 0 Å². The van der Waals surface area contributed by atoms with Crippen molar-refractivity contribution in [3.8, 4) is 0 Å². The van der Waals surface area contributed by atoms with Gasteiger partial charge in [-0.1, -0.05) is 37.7 Å². The Morgan fingerprint density at radius 2 is 1.80 bits per heavy atom. The first kappa shape index (κ1) is 13.4. The Balaban J connectivity index is 1.29. The standard InChI is InChI=1S/C19H30O/c1-13(20-8-7-14-5-3-2-4-6-14)18-11-15-9-16-12-17(10-15)19(16)18/h13-17H,2-12H2,1H3. The zero-order valence-electron chi connectivity index (χ0n) is 13.1. The van der Waals surface area contributed by atoms with Gasteiger partial charge in [-0.3, -0.25) is 0 Å². The molecule has 0 aliphatic heterocycles. The summed E-state index contributed by atoms with van der Waals surface area (Å²) in [5, 5.41) is 0. The van der Waals surface area contributed by atoms with Gasteiger partial charge in [0.05, 0.1) is 6.10 Å². The van der Waals surface area contributed by atoms with Crippen molar-refractivity contribution in [2.75, 3.05) is 6.61 Å². The lowest BCUT2D eigenvalue weighted by atomic mass is 9.51. The molecule has 20 heavy (non-hydrogen) atoms. The highest BCUT2D eigenvalue weighted by Gasteiger charge is 2.48. The van der Waals surface area contributed by atoms with Gasteiger partial charge < -0.3 is 4.74 Å². The zero-order chi connectivity index (χ0) is 13.5. The van der Waals surface area contributed by atoms with Crippen LogP contribution in [-0.4, -0.2) is 12.7 Å². The highest BCUT2D eigenvalue weighted by molar-refractivity contribution is 5.35. The molecule has 0 aromatic carbocycles. The molecule has 4 bridgehead atoms. The molecule has 4 saturated carbocycles. The van der Waals surface area contributed by atoms with Crippen molar-refractivity contribution in [3.63, 3.8) is 0 Å². The quantitative estimate of drug-likeness (QED) is 0.633. The van der Waals surface area contributed by atoms with E-state index in [1.807, 2.05) is 5.57 Å². The van der Waals surface area contributed by atoms with Gasteiger partial charge in [0, 0.05) is 6.61 Å². The van der Waals surface area contributed by atoms with Gasteiger partial charge in [-0.25, -0.2) is 0 Å². The fourth-order valence-electron chi connectivity index (χ4n) is 5.63. The minimum Gasteiger partial charge on any atom is -0.374 e. The highest BCUT2D eigenvalue weighted by Crippen LogP contribution is 2.59. The van der Waals surface area contributed by atoms with E-state index in [-0.39, 0.29) is 0 Å². The molecule has 1 heteroatoms. The summed E-state index contributed by atoms with van der Waals surface area (Å²) in [6.07, 6.45) is 14.9. The number of ether oxygens (including phenoxy) is 1. The van der Waals surface area contributed by atoms with Crippen LogP contribution in [0.15, 0.2) is 11.1 Å². The van der Waals surface area contributed by atoms with Gasteiger partial charge in [-0.15, -0.1) is 0 Å². The average molecular weight is 274 g/mol. The van der Waals surface area contributed by atoms with Gasteiger partial charge in [0.25, 0.3) is 0 Å². The van der Waals surface area contributed by atoms with E-state index in [0.717, 1.165) is 30.3 Å². The van der Waals surface area contributed by atoms with Gasteiger partial charge in [-0.2, -0.15) is 0 Å². The SMILES string of the molecule is CC(OCCC1CCCCC1)C1=C2C3CC(C1)CC2C3. The van der Waals surface area contributed by atoms with E-state index in [0.29, 0.717) is 6.10 Å². The Bertz CT molecular complexity index is 377. The van der Waals surface area contributed by atoms with Crippen LogP contribution < -0.4 is 0 Å². The van der Waals surface area contributed by atoms with Crippen molar-refractivity contribution in [1.82, 2.24) is 0 Å². The van der Waals surface area contributed by atoms with E-state index in [1.54, 1.807) is 5.57 Å². The molecule has 0 amide bonds. The molecule has 0 radical (unpaired) electrons. The smallest absolute Gasteiger partial charge is 0.0759 e. The maximum atomic E-state index is 6.25. The molecule has 0 aromatic rings. The Morgan fingerprint density at radius 1 is 1.05 bits per heavy atom. The third-order valence-electron chi connectivity index (χ3n) is 6.67. The third-order valence-corrected chi connectivity index (χ3v) is 6.67. The molecule has 4 fully saturated rings. The lowest BCUT2D eigenvalue weighted by Gasteiger charge is -2.54. The molecule has 6 aliphatic carbocycles. The number of rotatable bonds is 5. The summed E-state index contributed by atoms with van der Waals surface area (Å²) in [6.45, 7) is 3.33. The molecule has 0 saturated heterocycles. The molecule has 0 N–H and O–H groups in total. The molecule has 0 heterocycles.